The summed E-state index contributed by atoms with van der Waals surface area (Å²) in [6.07, 6.45) is 0. The molecule has 20 heavy (non-hydrogen) atoms. The summed E-state index contributed by atoms with van der Waals surface area (Å²) < 4.78 is 10.5. The van der Waals surface area contributed by atoms with E-state index in [4.69, 9.17) is 9.47 Å². The largest absolute Gasteiger partial charge is 0.491 e. The first kappa shape index (κ1) is 16.5. The Morgan fingerprint density at radius 1 is 1.40 bits per heavy atom. The molecule has 0 fully saturated rings. The van der Waals surface area contributed by atoms with Crippen LogP contribution in [0.4, 0.5) is 0 Å². The monoisotopic (exact) mass is 279 g/mol. The lowest BCUT2D eigenvalue weighted by Crippen LogP contribution is -2.52. The van der Waals surface area contributed by atoms with E-state index in [0.29, 0.717) is 5.92 Å². The van der Waals surface area contributed by atoms with Crippen LogP contribution in [0, 0.1) is 6.92 Å². The fourth-order valence-corrected chi connectivity index (χ4v) is 2.07. The Morgan fingerprint density at radius 3 is 2.50 bits per heavy atom. The number of aryl methyl sites for hydroxylation is 1. The van der Waals surface area contributed by atoms with E-state index in [1.165, 1.54) is 18.2 Å². The van der Waals surface area contributed by atoms with Crippen molar-refractivity contribution < 1.29 is 14.3 Å². The SMILES string of the molecule is CNC(C)(COc1ccc(C(C)C)c(C)c1)C(=O)OC. The van der Waals surface area contributed by atoms with Crippen molar-refractivity contribution in [2.24, 2.45) is 0 Å². The quantitative estimate of drug-likeness (QED) is 0.813. The van der Waals surface area contributed by atoms with Crippen molar-refractivity contribution in [1.82, 2.24) is 5.32 Å². The highest BCUT2D eigenvalue weighted by Crippen LogP contribution is 2.24. The van der Waals surface area contributed by atoms with Crippen molar-refractivity contribution in [3.63, 3.8) is 0 Å². The standard InChI is InChI=1S/C16H25NO3/c1-11(2)14-8-7-13(9-12(14)3)20-10-16(4,17-5)15(18)19-6/h7-9,11,17H,10H2,1-6H3. The number of benzene rings is 1. The molecule has 1 aromatic carbocycles. The van der Waals surface area contributed by atoms with E-state index in [1.54, 1.807) is 14.0 Å². The number of esters is 1. The van der Waals surface area contributed by atoms with Gasteiger partial charge < -0.3 is 14.8 Å². The highest BCUT2D eigenvalue weighted by atomic mass is 16.5. The summed E-state index contributed by atoms with van der Waals surface area (Å²) in [5, 5.41) is 2.94. The lowest BCUT2D eigenvalue weighted by atomic mass is 9.98. The van der Waals surface area contributed by atoms with Gasteiger partial charge in [0.1, 0.15) is 17.9 Å². The maximum atomic E-state index is 11.7. The van der Waals surface area contributed by atoms with E-state index in [-0.39, 0.29) is 12.6 Å². The van der Waals surface area contributed by atoms with Gasteiger partial charge in [0, 0.05) is 0 Å². The molecule has 0 aliphatic heterocycles. The van der Waals surface area contributed by atoms with Gasteiger partial charge in [-0.3, -0.25) is 0 Å². The Morgan fingerprint density at radius 2 is 2.05 bits per heavy atom. The maximum Gasteiger partial charge on any atom is 0.329 e. The summed E-state index contributed by atoms with van der Waals surface area (Å²) in [6.45, 7) is 8.38. The molecule has 0 aliphatic rings. The van der Waals surface area contributed by atoms with Gasteiger partial charge in [0.25, 0.3) is 0 Å². The molecule has 0 aliphatic carbocycles. The molecule has 4 heteroatoms. The lowest BCUT2D eigenvalue weighted by molar-refractivity contribution is -0.148. The molecular formula is C16H25NO3. The van der Waals surface area contributed by atoms with Crippen LogP contribution in [0.15, 0.2) is 18.2 Å². The second-order valence-corrected chi connectivity index (χ2v) is 5.54. The predicted molar refractivity (Wildman–Crippen MR) is 80.2 cm³/mol. The summed E-state index contributed by atoms with van der Waals surface area (Å²) in [7, 11) is 3.09. The van der Waals surface area contributed by atoms with Crippen molar-refractivity contribution >= 4 is 5.97 Å². The second kappa shape index (κ2) is 6.75. The Balaban J connectivity index is 2.79. The molecule has 1 rings (SSSR count). The first-order valence-electron chi connectivity index (χ1n) is 6.84. The number of nitrogens with one attached hydrogen (secondary N) is 1. The smallest absolute Gasteiger partial charge is 0.329 e. The third-order valence-corrected chi connectivity index (χ3v) is 3.58. The summed E-state index contributed by atoms with van der Waals surface area (Å²) in [6, 6.07) is 6.02. The molecule has 1 unspecified atom stereocenters. The highest BCUT2D eigenvalue weighted by Gasteiger charge is 2.33. The number of carbonyl (C=O) groups excluding carboxylic acids is 1. The minimum absolute atomic E-state index is 0.219. The zero-order valence-electron chi connectivity index (χ0n) is 13.2. The van der Waals surface area contributed by atoms with Crippen LogP contribution in [0.5, 0.6) is 5.75 Å². The van der Waals surface area contributed by atoms with Crippen LogP contribution in [-0.4, -0.2) is 32.3 Å². The fraction of sp³-hybridized carbons (Fsp3) is 0.562. The van der Waals surface area contributed by atoms with Crippen LogP contribution in [0.2, 0.25) is 0 Å². The minimum Gasteiger partial charge on any atom is -0.491 e. The van der Waals surface area contributed by atoms with Gasteiger partial charge in [-0.1, -0.05) is 19.9 Å². The van der Waals surface area contributed by atoms with Gasteiger partial charge in [-0.2, -0.15) is 0 Å². The molecule has 0 bridgehead atoms. The molecule has 0 aromatic heterocycles. The summed E-state index contributed by atoms with van der Waals surface area (Å²) >= 11 is 0. The number of hydrogen-bond donors (Lipinski definition) is 1. The maximum absolute atomic E-state index is 11.7. The van der Waals surface area contributed by atoms with Crippen LogP contribution in [0.1, 0.15) is 37.8 Å². The number of ether oxygens (including phenoxy) is 2. The zero-order valence-corrected chi connectivity index (χ0v) is 13.2. The van der Waals surface area contributed by atoms with Gasteiger partial charge in [0.05, 0.1) is 7.11 Å². The van der Waals surface area contributed by atoms with Gasteiger partial charge in [-0.25, -0.2) is 4.79 Å². The van der Waals surface area contributed by atoms with Crippen LogP contribution < -0.4 is 10.1 Å². The molecule has 0 amide bonds. The summed E-state index contributed by atoms with van der Waals surface area (Å²) in [5.74, 6) is 0.912. The highest BCUT2D eigenvalue weighted by molar-refractivity contribution is 5.80. The number of rotatable bonds is 6. The van der Waals surface area contributed by atoms with E-state index in [2.05, 4.69) is 32.2 Å². The summed E-state index contributed by atoms with van der Waals surface area (Å²) in [5.41, 5.74) is 1.66. The average molecular weight is 279 g/mol. The van der Waals surface area contributed by atoms with E-state index < -0.39 is 5.54 Å². The van der Waals surface area contributed by atoms with E-state index in [0.717, 1.165) is 5.75 Å². The Labute approximate surface area is 121 Å². The van der Waals surface area contributed by atoms with E-state index in [9.17, 15) is 4.79 Å². The molecule has 1 atom stereocenters. The van der Waals surface area contributed by atoms with Gasteiger partial charge in [-0.15, -0.1) is 0 Å². The number of likely N-dealkylation sites (N-methyl/N-ethyl adjacent to an activating group) is 1. The van der Waals surface area contributed by atoms with Crippen molar-refractivity contribution in [3.8, 4) is 5.75 Å². The normalized spacial score (nSPS) is 13.9. The third-order valence-electron chi connectivity index (χ3n) is 3.58. The first-order chi connectivity index (χ1) is 9.34. The van der Waals surface area contributed by atoms with Crippen molar-refractivity contribution in [3.05, 3.63) is 29.3 Å². The Hall–Kier alpha value is -1.55. The molecule has 0 spiro atoms. The van der Waals surface area contributed by atoms with Gasteiger partial charge in [-0.05, 0) is 50.1 Å². The van der Waals surface area contributed by atoms with E-state index >= 15 is 0 Å². The molecular weight excluding hydrogens is 254 g/mol. The van der Waals surface area contributed by atoms with Crippen LogP contribution >= 0.6 is 0 Å². The number of methoxy groups -OCH3 is 1. The molecule has 112 valence electrons. The Bertz CT molecular complexity index is 471. The summed E-state index contributed by atoms with van der Waals surface area (Å²) in [4.78, 5) is 11.7. The molecule has 0 heterocycles. The third kappa shape index (κ3) is 3.73. The molecule has 1 aromatic rings. The minimum atomic E-state index is -0.848. The van der Waals surface area contributed by atoms with Crippen LogP contribution in [-0.2, 0) is 9.53 Å². The van der Waals surface area contributed by atoms with Crippen molar-refractivity contribution in [1.29, 1.82) is 0 Å². The molecule has 0 saturated carbocycles. The predicted octanol–water partition coefficient (Wildman–Crippen LogP) is 2.65. The number of carbonyl (C=O) groups is 1. The first-order valence-corrected chi connectivity index (χ1v) is 6.84. The van der Waals surface area contributed by atoms with Gasteiger partial charge >= 0.3 is 5.97 Å². The second-order valence-electron chi connectivity index (χ2n) is 5.54. The molecule has 1 N–H and O–H groups in total. The van der Waals surface area contributed by atoms with Gasteiger partial charge in [0.15, 0.2) is 0 Å². The zero-order chi connectivity index (χ0) is 15.3. The molecule has 4 nitrogen and oxygen atoms in total. The van der Waals surface area contributed by atoms with Crippen LogP contribution in [0.3, 0.4) is 0 Å². The van der Waals surface area contributed by atoms with Crippen molar-refractivity contribution in [2.45, 2.75) is 39.2 Å². The Kier molecular flexibility index (Phi) is 5.57. The average Bonchev–Trinajstić information content (AvgIpc) is 2.43. The fourth-order valence-electron chi connectivity index (χ4n) is 2.07. The number of hydrogen-bond acceptors (Lipinski definition) is 4. The van der Waals surface area contributed by atoms with E-state index in [1.807, 2.05) is 12.1 Å². The lowest BCUT2D eigenvalue weighted by Gasteiger charge is -2.26. The topological polar surface area (TPSA) is 47.6 Å². The van der Waals surface area contributed by atoms with Crippen molar-refractivity contribution in [2.75, 3.05) is 20.8 Å². The molecule has 0 radical (unpaired) electrons. The van der Waals surface area contributed by atoms with Gasteiger partial charge in [0.2, 0.25) is 0 Å². The van der Waals surface area contributed by atoms with Crippen LogP contribution in [0.25, 0.3) is 0 Å². The molecule has 0 saturated heterocycles.